The van der Waals surface area contributed by atoms with Crippen LogP contribution in [0.3, 0.4) is 0 Å². The molecule has 0 unspecified atom stereocenters. The average Bonchev–Trinajstić information content (AvgIpc) is 2.59. The molecule has 0 aliphatic carbocycles. The predicted octanol–water partition coefficient (Wildman–Crippen LogP) is 3.91. The van der Waals surface area contributed by atoms with Gasteiger partial charge in [-0.2, -0.15) is 0 Å². The minimum absolute atomic E-state index is 0.0924. The Balaban J connectivity index is 1.63. The summed E-state index contributed by atoms with van der Waals surface area (Å²) in [6, 6.07) is 11.1. The van der Waals surface area contributed by atoms with Crippen molar-refractivity contribution in [1.82, 2.24) is 0 Å². The quantitative estimate of drug-likeness (QED) is 0.799. The van der Waals surface area contributed by atoms with Gasteiger partial charge in [0.15, 0.2) is 11.5 Å². The number of benzene rings is 2. The Hall–Kier alpha value is -2.05. The van der Waals surface area contributed by atoms with Gasteiger partial charge in [0.05, 0.1) is 17.1 Å². The van der Waals surface area contributed by atoms with Crippen molar-refractivity contribution >= 4 is 40.6 Å². The molecule has 0 radical (unpaired) electrons. The molecule has 1 aliphatic rings. The standard InChI is InChI=1S/C18H19ClN2O3S/c1-21(2)15-5-3-12(19)9-14(15)20-18(22)11-25-13-4-6-16-17(10-13)24-8-7-23-16/h3-6,9-10H,7-8,11H2,1-2H3,(H,20,22). The summed E-state index contributed by atoms with van der Waals surface area (Å²) in [5.74, 6) is 1.67. The zero-order valence-electron chi connectivity index (χ0n) is 14.0. The van der Waals surface area contributed by atoms with Crippen LogP contribution in [0, 0.1) is 0 Å². The maximum absolute atomic E-state index is 12.3. The second kappa shape index (κ2) is 7.89. The van der Waals surface area contributed by atoms with Crippen LogP contribution in [-0.2, 0) is 4.79 Å². The molecule has 1 heterocycles. The highest BCUT2D eigenvalue weighted by molar-refractivity contribution is 8.00. The van der Waals surface area contributed by atoms with Gasteiger partial charge >= 0.3 is 0 Å². The number of ether oxygens (including phenoxy) is 2. The minimum atomic E-state index is -0.0924. The second-order valence-corrected chi connectivity index (χ2v) is 7.18. The molecular formula is C18H19ClN2O3S. The molecule has 132 valence electrons. The van der Waals surface area contributed by atoms with Gasteiger partial charge in [-0.25, -0.2) is 0 Å². The van der Waals surface area contributed by atoms with Crippen molar-refractivity contribution in [1.29, 1.82) is 0 Å². The van der Waals surface area contributed by atoms with Crippen LogP contribution in [0.4, 0.5) is 11.4 Å². The number of nitrogens with zero attached hydrogens (tertiary/aromatic N) is 1. The topological polar surface area (TPSA) is 50.8 Å². The van der Waals surface area contributed by atoms with Gasteiger partial charge in [-0.15, -0.1) is 11.8 Å². The van der Waals surface area contributed by atoms with Gasteiger partial charge < -0.3 is 19.7 Å². The van der Waals surface area contributed by atoms with E-state index in [0.717, 1.165) is 22.1 Å². The van der Waals surface area contributed by atoms with E-state index in [4.69, 9.17) is 21.1 Å². The molecule has 0 saturated heterocycles. The van der Waals surface area contributed by atoms with E-state index >= 15 is 0 Å². The Morgan fingerprint density at radius 3 is 2.68 bits per heavy atom. The van der Waals surface area contributed by atoms with Crippen molar-refractivity contribution in [3.05, 3.63) is 41.4 Å². The fourth-order valence-electron chi connectivity index (χ4n) is 2.45. The molecule has 0 atom stereocenters. The van der Waals surface area contributed by atoms with Gasteiger partial charge in [-0.05, 0) is 36.4 Å². The summed E-state index contributed by atoms with van der Waals surface area (Å²) in [4.78, 5) is 15.2. The molecule has 7 heteroatoms. The molecule has 0 saturated carbocycles. The Labute approximate surface area is 156 Å². The fraction of sp³-hybridized carbons (Fsp3) is 0.278. The number of rotatable bonds is 5. The van der Waals surface area contributed by atoms with Crippen molar-refractivity contribution in [2.75, 3.05) is 43.3 Å². The SMILES string of the molecule is CN(C)c1ccc(Cl)cc1NC(=O)CSc1ccc2c(c1)OCCO2. The lowest BCUT2D eigenvalue weighted by molar-refractivity contribution is -0.113. The van der Waals surface area contributed by atoms with Gasteiger partial charge in [0, 0.05) is 24.0 Å². The largest absolute Gasteiger partial charge is 0.486 e. The van der Waals surface area contributed by atoms with Gasteiger partial charge in [0.1, 0.15) is 13.2 Å². The Morgan fingerprint density at radius 2 is 1.92 bits per heavy atom. The van der Waals surface area contributed by atoms with Crippen LogP contribution in [0.2, 0.25) is 5.02 Å². The number of hydrogen-bond donors (Lipinski definition) is 1. The minimum Gasteiger partial charge on any atom is -0.486 e. The molecule has 0 bridgehead atoms. The van der Waals surface area contributed by atoms with E-state index in [1.807, 2.05) is 43.3 Å². The summed E-state index contributed by atoms with van der Waals surface area (Å²) in [5.41, 5.74) is 1.60. The summed E-state index contributed by atoms with van der Waals surface area (Å²) in [5, 5.41) is 3.51. The number of fused-ring (bicyclic) bond motifs is 1. The van der Waals surface area contributed by atoms with E-state index < -0.39 is 0 Å². The summed E-state index contributed by atoms with van der Waals surface area (Å²) in [6.45, 7) is 1.11. The Morgan fingerprint density at radius 1 is 1.16 bits per heavy atom. The van der Waals surface area contributed by atoms with E-state index in [9.17, 15) is 4.79 Å². The first-order valence-electron chi connectivity index (χ1n) is 7.82. The lowest BCUT2D eigenvalue weighted by Gasteiger charge is -2.19. The highest BCUT2D eigenvalue weighted by Crippen LogP contribution is 2.34. The number of anilines is 2. The Kier molecular flexibility index (Phi) is 5.60. The first-order valence-corrected chi connectivity index (χ1v) is 9.18. The van der Waals surface area contributed by atoms with Gasteiger partial charge in [-0.1, -0.05) is 11.6 Å². The number of carbonyl (C=O) groups is 1. The first-order chi connectivity index (χ1) is 12.0. The number of carbonyl (C=O) groups excluding carboxylic acids is 1. The molecule has 1 aliphatic heterocycles. The summed E-state index contributed by atoms with van der Waals surface area (Å²) in [6.07, 6.45) is 0. The summed E-state index contributed by atoms with van der Waals surface area (Å²) >= 11 is 7.49. The second-order valence-electron chi connectivity index (χ2n) is 5.70. The van der Waals surface area contributed by atoms with Crippen LogP contribution >= 0.6 is 23.4 Å². The molecule has 3 rings (SSSR count). The first kappa shape index (κ1) is 17.8. The van der Waals surface area contributed by atoms with Crippen molar-refractivity contribution in [2.45, 2.75) is 4.90 Å². The highest BCUT2D eigenvalue weighted by Gasteiger charge is 2.13. The number of amides is 1. The Bertz CT molecular complexity index is 783. The molecule has 0 fully saturated rings. The van der Waals surface area contributed by atoms with Gasteiger partial charge in [-0.3, -0.25) is 4.79 Å². The monoisotopic (exact) mass is 378 g/mol. The average molecular weight is 379 g/mol. The van der Waals surface area contributed by atoms with Crippen LogP contribution in [0.1, 0.15) is 0 Å². The van der Waals surface area contributed by atoms with Crippen molar-refractivity contribution < 1.29 is 14.3 Å². The summed E-state index contributed by atoms with van der Waals surface area (Å²) < 4.78 is 11.1. The van der Waals surface area contributed by atoms with E-state index in [1.165, 1.54) is 11.8 Å². The van der Waals surface area contributed by atoms with Crippen LogP contribution in [0.15, 0.2) is 41.3 Å². The molecule has 0 spiro atoms. The number of thioether (sulfide) groups is 1. The van der Waals surface area contributed by atoms with Gasteiger partial charge in [0.25, 0.3) is 0 Å². The maximum atomic E-state index is 12.3. The third-order valence-corrected chi connectivity index (χ3v) is 4.83. The van der Waals surface area contributed by atoms with Crippen molar-refractivity contribution in [2.24, 2.45) is 0 Å². The van der Waals surface area contributed by atoms with E-state index in [-0.39, 0.29) is 5.91 Å². The normalized spacial score (nSPS) is 12.6. The predicted molar refractivity (Wildman–Crippen MR) is 103 cm³/mol. The summed E-state index contributed by atoms with van der Waals surface area (Å²) in [7, 11) is 3.84. The molecule has 1 amide bonds. The highest BCUT2D eigenvalue weighted by atomic mass is 35.5. The van der Waals surface area contributed by atoms with Crippen molar-refractivity contribution in [3.63, 3.8) is 0 Å². The van der Waals surface area contributed by atoms with E-state index in [2.05, 4.69) is 5.32 Å². The third-order valence-electron chi connectivity index (χ3n) is 3.60. The van der Waals surface area contributed by atoms with Crippen LogP contribution in [0.25, 0.3) is 0 Å². The molecule has 5 nitrogen and oxygen atoms in total. The molecule has 2 aromatic rings. The molecule has 2 aromatic carbocycles. The molecular weight excluding hydrogens is 360 g/mol. The maximum Gasteiger partial charge on any atom is 0.234 e. The number of hydrogen-bond acceptors (Lipinski definition) is 5. The van der Waals surface area contributed by atoms with E-state index in [1.54, 1.807) is 12.1 Å². The van der Waals surface area contributed by atoms with Crippen LogP contribution < -0.4 is 19.7 Å². The van der Waals surface area contributed by atoms with Crippen molar-refractivity contribution in [3.8, 4) is 11.5 Å². The third kappa shape index (κ3) is 4.52. The lowest BCUT2D eigenvalue weighted by atomic mass is 10.2. The van der Waals surface area contributed by atoms with Crippen LogP contribution in [-0.4, -0.2) is 39.0 Å². The van der Waals surface area contributed by atoms with Gasteiger partial charge in [0.2, 0.25) is 5.91 Å². The number of halogens is 1. The molecule has 25 heavy (non-hydrogen) atoms. The molecule has 0 aromatic heterocycles. The van der Waals surface area contributed by atoms with Crippen LogP contribution in [0.5, 0.6) is 11.5 Å². The fourth-order valence-corrected chi connectivity index (χ4v) is 3.34. The zero-order valence-corrected chi connectivity index (χ0v) is 15.6. The number of nitrogens with one attached hydrogen (secondary N) is 1. The molecule has 1 N–H and O–H groups in total. The zero-order chi connectivity index (χ0) is 17.8. The smallest absolute Gasteiger partial charge is 0.234 e. The van der Waals surface area contributed by atoms with E-state index in [0.29, 0.717) is 29.7 Å². The lowest BCUT2D eigenvalue weighted by Crippen LogP contribution is -2.18.